The lowest BCUT2D eigenvalue weighted by atomic mass is 9.96. The molecule has 2 aromatic rings. The van der Waals surface area contributed by atoms with Crippen molar-refractivity contribution >= 4 is 11.9 Å². The number of amides is 1. The Morgan fingerprint density at radius 2 is 1.68 bits per heavy atom. The van der Waals surface area contributed by atoms with Crippen LogP contribution in [0.1, 0.15) is 15.9 Å². The quantitative estimate of drug-likeness (QED) is 0.843. The minimum atomic E-state index is -4.67. The molecule has 1 saturated heterocycles. The number of likely N-dealkylation sites (tertiary alicyclic amines) is 1. The van der Waals surface area contributed by atoms with E-state index in [1.165, 1.54) is 12.1 Å². The summed E-state index contributed by atoms with van der Waals surface area (Å²) >= 11 is 0. The third-order valence-electron chi connectivity index (χ3n) is 4.69. The maximum atomic E-state index is 13.1. The SMILES string of the molecule is O=C(O)[C@@H]1CN(C(=O)c2ccc(COc3ccccc3)cc2)C[C@H]1C(F)(F)F. The number of carbonyl (C=O) groups excluding carboxylic acids is 1. The summed E-state index contributed by atoms with van der Waals surface area (Å²) in [4.78, 5) is 24.6. The molecule has 8 heteroatoms. The third-order valence-corrected chi connectivity index (χ3v) is 4.69. The smallest absolute Gasteiger partial charge is 0.394 e. The second-order valence-electron chi connectivity index (χ2n) is 6.60. The maximum Gasteiger partial charge on any atom is 0.394 e. The molecule has 0 aromatic heterocycles. The molecule has 1 aliphatic rings. The number of nitrogens with zero attached hydrogens (tertiary/aromatic N) is 1. The van der Waals surface area contributed by atoms with E-state index in [0.717, 1.165) is 10.5 Å². The number of halogens is 3. The lowest BCUT2D eigenvalue weighted by Crippen LogP contribution is -2.34. The number of carboxylic acids is 1. The van der Waals surface area contributed by atoms with Crippen LogP contribution in [0.4, 0.5) is 13.2 Å². The van der Waals surface area contributed by atoms with E-state index >= 15 is 0 Å². The first-order valence-corrected chi connectivity index (χ1v) is 8.61. The molecule has 0 unspecified atom stereocenters. The monoisotopic (exact) mass is 393 g/mol. The van der Waals surface area contributed by atoms with Gasteiger partial charge in [-0.1, -0.05) is 30.3 Å². The lowest BCUT2D eigenvalue weighted by molar-refractivity contribution is -0.187. The summed E-state index contributed by atoms with van der Waals surface area (Å²) in [6.07, 6.45) is -4.67. The Kier molecular flexibility index (Phi) is 5.58. The molecule has 5 nitrogen and oxygen atoms in total. The molecule has 3 rings (SSSR count). The van der Waals surface area contributed by atoms with Crippen molar-refractivity contribution in [2.24, 2.45) is 11.8 Å². The first kappa shape index (κ1) is 19.7. The van der Waals surface area contributed by atoms with E-state index in [1.807, 2.05) is 18.2 Å². The summed E-state index contributed by atoms with van der Waals surface area (Å²) in [6.45, 7) is -0.838. The Balaban J connectivity index is 1.65. The molecule has 0 spiro atoms. The highest BCUT2D eigenvalue weighted by Crippen LogP contribution is 2.38. The Hall–Kier alpha value is -3.03. The Bertz CT molecular complexity index is 837. The van der Waals surface area contributed by atoms with Gasteiger partial charge in [-0.15, -0.1) is 0 Å². The predicted molar refractivity (Wildman–Crippen MR) is 93.8 cm³/mol. The molecule has 0 bridgehead atoms. The van der Waals surface area contributed by atoms with Gasteiger partial charge in [-0.05, 0) is 29.8 Å². The number of ether oxygens (including phenoxy) is 1. The van der Waals surface area contributed by atoms with E-state index in [0.29, 0.717) is 5.75 Å². The Morgan fingerprint density at radius 1 is 1.04 bits per heavy atom. The average molecular weight is 393 g/mol. The van der Waals surface area contributed by atoms with Crippen molar-refractivity contribution in [1.82, 2.24) is 4.90 Å². The molecule has 0 aliphatic carbocycles. The highest BCUT2D eigenvalue weighted by molar-refractivity contribution is 5.95. The molecule has 148 valence electrons. The Labute approximate surface area is 159 Å². The van der Waals surface area contributed by atoms with Gasteiger partial charge in [-0.3, -0.25) is 9.59 Å². The molecule has 0 radical (unpaired) electrons. The number of carboxylic acid groups (broad SMARTS) is 1. The van der Waals surface area contributed by atoms with Crippen LogP contribution in [0.25, 0.3) is 0 Å². The number of rotatable bonds is 5. The van der Waals surface area contributed by atoms with Gasteiger partial charge in [0.1, 0.15) is 12.4 Å². The van der Waals surface area contributed by atoms with Crippen LogP contribution in [0.5, 0.6) is 5.75 Å². The van der Waals surface area contributed by atoms with Crippen LogP contribution in [0.2, 0.25) is 0 Å². The number of hydrogen-bond donors (Lipinski definition) is 1. The van der Waals surface area contributed by atoms with Gasteiger partial charge in [-0.25, -0.2) is 0 Å². The molecule has 2 atom stereocenters. The molecule has 28 heavy (non-hydrogen) atoms. The van der Waals surface area contributed by atoms with Gasteiger partial charge in [0.15, 0.2) is 0 Å². The summed E-state index contributed by atoms with van der Waals surface area (Å²) in [6, 6.07) is 15.5. The van der Waals surface area contributed by atoms with Crippen LogP contribution in [-0.4, -0.2) is 41.1 Å². The van der Waals surface area contributed by atoms with E-state index in [4.69, 9.17) is 9.84 Å². The van der Waals surface area contributed by atoms with E-state index in [9.17, 15) is 22.8 Å². The normalized spacial score (nSPS) is 19.5. The summed E-state index contributed by atoms with van der Waals surface area (Å²) in [5.74, 6) is -5.19. The first-order valence-electron chi connectivity index (χ1n) is 8.61. The van der Waals surface area contributed by atoms with Gasteiger partial charge in [0.2, 0.25) is 0 Å². The zero-order valence-electron chi connectivity index (χ0n) is 14.7. The minimum absolute atomic E-state index is 0.204. The molecular formula is C20H18F3NO4. The number of carbonyl (C=O) groups is 2. The summed E-state index contributed by atoms with van der Waals surface area (Å²) < 4.78 is 44.8. The standard InChI is InChI=1S/C20H18F3NO4/c21-20(22,23)17-11-24(10-16(17)19(26)27)18(25)14-8-6-13(7-9-14)12-28-15-4-2-1-3-5-15/h1-9,16-17H,10-12H2,(H,26,27)/t16-,17-/m1/s1. The molecule has 1 amide bonds. The van der Waals surface area contributed by atoms with Crippen molar-refractivity contribution in [2.75, 3.05) is 13.1 Å². The average Bonchev–Trinajstić information content (AvgIpc) is 3.13. The fraction of sp³-hybridized carbons (Fsp3) is 0.300. The third kappa shape index (κ3) is 4.44. The molecule has 1 heterocycles. The summed E-state index contributed by atoms with van der Waals surface area (Å²) in [5, 5.41) is 9.05. The van der Waals surface area contributed by atoms with E-state index < -0.39 is 43.0 Å². The fourth-order valence-electron chi connectivity index (χ4n) is 3.16. The molecule has 1 fully saturated rings. The van der Waals surface area contributed by atoms with E-state index in [1.54, 1.807) is 24.3 Å². The van der Waals surface area contributed by atoms with Crippen LogP contribution < -0.4 is 4.74 Å². The lowest BCUT2D eigenvalue weighted by Gasteiger charge is -2.18. The van der Waals surface area contributed by atoms with E-state index in [2.05, 4.69) is 0 Å². The molecule has 1 aliphatic heterocycles. The second kappa shape index (κ2) is 7.92. The van der Waals surface area contributed by atoms with Gasteiger partial charge in [0.05, 0.1) is 11.8 Å². The number of benzene rings is 2. The molecular weight excluding hydrogens is 375 g/mol. The topological polar surface area (TPSA) is 66.8 Å². The van der Waals surface area contributed by atoms with Gasteiger partial charge in [0, 0.05) is 18.7 Å². The van der Waals surface area contributed by atoms with Crippen LogP contribution in [0.3, 0.4) is 0 Å². The minimum Gasteiger partial charge on any atom is -0.489 e. The van der Waals surface area contributed by atoms with Gasteiger partial charge in [0.25, 0.3) is 5.91 Å². The highest BCUT2D eigenvalue weighted by Gasteiger charge is 2.53. The van der Waals surface area contributed by atoms with Gasteiger partial charge >= 0.3 is 12.1 Å². The molecule has 2 aromatic carbocycles. The molecule has 0 saturated carbocycles. The fourth-order valence-corrected chi connectivity index (χ4v) is 3.16. The largest absolute Gasteiger partial charge is 0.489 e. The predicted octanol–water partition coefficient (Wildman–Crippen LogP) is 3.60. The number of aliphatic carboxylic acids is 1. The zero-order chi connectivity index (χ0) is 20.3. The van der Waals surface area contributed by atoms with Crippen molar-refractivity contribution in [3.63, 3.8) is 0 Å². The highest BCUT2D eigenvalue weighted by atomic mass is 19.4. The van der Waals surface area contributed by atoms with Crippen molar-refractivity contribution < 1.29 is 32.6 Å². The van der Waals surface area contributed by atoms with E-state index in [-0.39, 0.29) is 12.2 Å². The van der Waals surface area contributed by atoms with Crippen LogP contribution in [-0.2, 0) is 11.4 Å². The van der Waals surface area contributed by atoms with Crippen LogP contribution in [0, 0.1) is 11.8 Å². The Morgan fingerprint density at radius 3 is 2.21 bits per heavy atom. The van der Waals surface area contributed by atoms with Crippen molar-refractivity contribution in [3.8, 4) is 5.75 Å². The summed E-state index contributed by atoms with van der Waals surface area (Å²) in [5.41, 5.74) is 0.994. The first-order chi connectivity index (χ1) is 13.3. The van der Waals surface area contributed by atoms with Crippen LogP contribution >= 0.6 is 0 Å². The number of hydrogen-bond acceptors (Lipinski definition) is 3. The van der Waals surface area contributed by atoms with Crippen molar-refractivity contribution in [2.45, 2.75) is 12.8 Å². The zero-order valence-corrected chi connectivity index (χ0v) is 14.7. The maximum absolute atomic E-state index is 13.1. The van der Waals surface area contributed by atoms with Crippen LogP contribution in [0.15, 0.2) is 54.6 Å². The van der Waals surface area contributed by atoms with Crippen molar-refractivity contribution in [3.05, 3.63) is 65.7 Å². The molecule has 1 N–H and O–H groups in total. The summed E-state index contributed by atoms with van der Waals surface area (Å²) in [7, 11) is 0. The van der Waals surface area contributed by atoms with Crippen molar-refractivity contribution in [1.29, 1.82) is 0 Å². The van der Waals surface area contributed by atoms with Gasteiger partial charge in [-0.2, -0.15) is 13.2 Å². The second-order valence-corrected chi connectivity index (χ2v) is 6.60. The number of alkyl halides is 3. The van der Waals surface area contributed by atoms with Gasteiger partial charge < -0.3 is 14.7 Å². The number of para-hydroxylation sites is 1.